The van der Waals surface area contributed by atoms with Gasteiger partial charge in [-0.05, 0) is 35.9 Å². The molecule has 0 atom stereocenters. The first kappa shape index (κ1) is 11.8. The average Bonchev–Trinajstić information content (AvgIpc) is 2.93. The molecule has 0 amide bonds. The summed E-state index contributed by atoms with van der Waals surface area (Å²) in [4.78, 5) is 12.1. The fraction of sp³-hybridized carbons (Fsp3) is 0.188. The van der Waals surface area contributed by atoms with Crippen LogP contribution in [0.15, 0.2) is 48.5 Å². The zero-order chi connectivity index (χ0) is 13.1. The van der Waals surface area contributed by atoms with Crippen LogP contribution in [0.2, 0.25) is 0 Å². The number of ketones is 1. The van der Waals surface area contributed by atoms with Crippen LogP contribution >= 0.6 is 0 Å². The number of para-hydroxylation sites is 1. The minimum absolute atomic E-state index is 0.0959. The van der Waals surface area contributed by atoms with Crippen LogP contribution in [0, 0.1) is 0 Å². The molecule has 96 valence electrons. The number of Topliss-reactive ketones (excluding diaryl/α,β-unsaturated/α-hetero) is 1. The van der Waals surface area contributed by atoms with E-state index >= 15 is 0 Å². The summed E-state index contributed by atoms with van der Waals surface area (Å²) in [7, 11) is 0. The maximum atomic E-state index is 12.1. The fourth-order valence-electron chi connectivity index (χ4n) is 2.20. The Morgan fingerprint density at radius 3 is 2.84 bits per heavy atom. The van der Waals surface area contributed by atoms with Crippen LogP contribution in [0.25, 0.3) is 0 Å². The van der Waals surface area contributed by atoms with E-state index in [9.17, 15) is 4.79 Å². The molecule has 3 rings (SSSR count). The average molecular weight is 253 g/mol. The lowest BCUT2D eigenvalue weighted by molar-refractivity contribution is 0.101. The predicted octanol–water partition coefficient (Wildman–Crippen LogP) is 2.92. The third kappa shape index (κ3) is 2.60. The molecule has 0 spiro atoms. The summed E-state index contributed by atoms with van der Waals surface area (Å²) in [6.45, 7) is 1.03. The second-order valence-corrected chi connectivity index (χ2v) is 4.56. The largest absolute Gasteiger partial charge is 0.493 e. The number of fused-ring (bicyclic) bond motifs is 1. The molecule has 0 saturated heterocycles. The summed E-state index contributed by atoms with van der Waals surface area (Å²) in [6.07, 6.45) is 0.891. The van der Waals surface area contributed by atoms with Crippen molar-refractivity contribution in [1.82, 2.24) is 0 Å². The molecule has 0 aliphatic carbocycles. The Bertz CT molecular complexity index is 593. The molecule has 1 aliphatic heterocycles. The van der Waals surface area contributed by atoms with E-state index in [2.05, 4.69) is 5.32 Å². The van der Waals surface area contributed by atoms with Gasteiger partial charge in [-0.2, -0.15) is 0 Å². The van der Waals surface area contributed by atoms with Crippen LogP contribution in [0.1, 0.15) is 15.9 Å². The van der Waals surface area contributed by atoms with E-state index in [0.717, 1.165) is 35.6 Å². The molecule has 2 aromatic carbocycles. The Balaban J connectivity index is 1.67. The van der Waals surface area contributed by atoms with Crippen LogP contribution in [0.5, 0.6) is 5.75 Å². The molecule has 1 aliphatic rings. The van der Waals surface area contributed by atoms with Gasteiger partial charge in [0.25, 0.3) is 0 Å². The molecule has 0 fully saturated rings. The second kappa shape index (κ2) is 5.14. The number of rotatable bonds is 4. The van der Waals surface area contributed by atoms with Crippen molar-refractivity contribution in [3.8, 4) is 5.75 Å². The summed E-state index contributed by atoms with van der Waals surface area (Å²) >= 11 is 0. The molecule has 3 heteroatoms. The number of carbonyl (C=O) groups excluding carboxylic acids is 1. The summed E-state index contributed by atoms with van der Waals surface area (Å²) in [5, 5.41) is 3.13. The molecule has 2 aromatic rings. The topological polar surface area (TPSA) is 38.3 Å². The molecule has 19 heavy (non-hydrogen) atoms. The number of benzene rings is 2. The highest BCUT2D eigenvalue weighted by molar-refractivity contribution is 5.99. The van der Waals surface area contributed by atoms with Gasteiger partial charge in [0.15, 0.2) is 5.78 Å². The first-order valence-electron chi connectivity index (χ1n) is 6.41. The summed E-state index contributed by atoms with van der Waals surface area (Å²) in [5.41, 5.74) is 2.83. The minimum Gasteiger partial charge on any atom is -0.493 e. The van der Waals surface area contributed by atoms with Gasteiger partial charge >= 0.3 is 0 Å². The summed E-state index contributed by atoms with van der Waals surface area (Å²) in [5.74, 6) is 1.01. The number of ether oxygens (including phenoxy) is 1. The number of carbonyl (C=O) groups is 1. The highest BCUT2D eigenvalue weighted by atomic mass is 16.5. The van der Waals surface area contributed by atoms with E-state index < -0.39 is 0 Å². The SMILES string of the molecule is O=C(CNc1ccccc1)c1ccc2c(c1)CCO2. The highest BCUT2D eigenvalue weighted by Gasteiger charge is 2.14. The number of hydrogen-bond acceptors (Lipinski definition) is 3. The maximum Gasteiger partial charge on any atom is 0.181 e. The first-order valence-corrected chi connectivity index (χ1v) is 6.41. The molecule has 0 aromatic heterocycles. The quantitative estimate of drug-likeness (QED) is 0.851. The standard InChI is InChI=1S/C16H15NO2/c18-15(11-17-14-4-2-1-3-5-14)12-6-7-16-13(10-12)8-9-19-16/h1-7,10,17H,8-9,11H2. The lowest BCUT2D eigenvalue weighted by atomic mass is 10.1. The predicted molar refractivity (Wildman–Crippen MR) is 74.9 cm³/mol. The Morgan fingerprint density at radius 2 is 2.00 bits per heavy atom. The van der Waals surface area contributed by atoms with Crippen LogP contribution in [-0.4, -0.2) is 18.9 Å². The second-order valence-electron chi connectivity index (χ2n) is 4.56. The van der Waals surface area contributed by atoms with Crippen LogP contribution in [0.3, 0.4) is 0 Å². The third-order valence-electron chi connectivity index (χ3n) is 3.24. The van der Waals surface area contributed by atoms with Gasteiger partial charge < -0.3 is 10.1 Å². The van der Waals surface area contributed by atoms with E-state index in [4.69, 9.17) is 4.74 Å². The van der Waals surface area contributed by atoms with Gasteiger partial charge in [-0.1, -0.05) is 18.2 Å². The molecule has 0 saturated carbocycles. The van der Waals surface area contributed by atoms with Crippen LogP contribution < -0.4 is 10.1 Å². The summed E-state index contributed by atoms with van der Waals surface area (Å²) < 4.78 is 5.44. The van der Waals surface area contributed by atoms with Gasteiger partial charge in [-0.15, -0.1) is 0 Å². The van der Waals surface area contributed by atoms with Crippen molar-refractivity contribution in [1.29, 1.82) is 0 Å². The molecule has 1 heterocycles. The van der Waals surface area contributed by atoms with Crippen molar-refractivity contribution in [2.24, 2.45) is 0 Å². The minimum atomic E-state index is 0.0959. The lowest BCUT2D eigenvalue weighted by Crippen LogP contribution is -2.14. The molecular formula is C16H15NO2. The van der Waals surface area contributed by atoms with Gasteiger partial charge in [-0.3, -0.25) is 4.79 Å². The Morgan fingerprint density at radius 1 is 1.16 bits per heavy atom. The molecule has 3 nitrogen and oxygen atoms in total. The van der Waals surface area contributed by atoms with Gasteiger partial charge in [0.1, 0.15) is 5.75 Å². The van der Waals surface area contributed by atoms with Crippen LogP contribution in [-0.2, 0) is 6.42 Å². The highest BCUT2D eigenvalue weighted by Crippen LogP contribution is 2.26. The van der Waals surface area contributed by atoms with E-state index in [1.165, 1.54) is 0 Å². The van der Waals surface area contributed by atoms with Gasteiger partial charge in [0.05, 0.1) is 13.2 Å². The van der Waals surface area contributed by atoms with Crippen molar-refractivity contribution < 1.29 is 9.53 Å². The number of anilines is 1. The molecule has 0 radical (unpaired) electrons. The van der Waals surface area contributed by atoms with Crippen molar-refractivity contribution in [3.63, 3.8) is 0 Å². The van der Waals surface area contributed by atoms with Crippen LogP contribution in [0.4, 0.5) is 5.69 Å². The molecule has 0 bridgehead atoms. The van der Waals surface area contributed by atoms with Crippen molar-refractivity contribution in [2.75, 3.05) is 18.5 Å². The monoisotopic (exact) mass is 253 g/mol. The smallest absolute Gasteiger partial charge is 0.181 e. The normalized spacial score (nSPS) is 12.6. The van der Waals surface area contributed by atoms with Gasteiger partial charge in [0, 0.05) is 17.7 Å². The number of nitrogens with one attached hydrogen (secondary N) is 1. The van der Waals surface area contributed by atoms with Gasteiger partial charge in [0.2, 0.25) is 0 Å². The van der Waals surface area contributed by atoms with E-state index in [1.807, 2.05) is 48.5 Å². The Labute approximate surface area is 112 Å². The van der Waals surface area contributed by atoms with E-state index in [-0.39, 0.29) is 5.78 Å². The molecule has 0 unspecified atom stereocenters. The summed E-state index contributed by atoms with van der Waals surface area (Å²) in [6, 6.07) is 15.4. The first-order chi connectivity index (χ1) is 9.33. The van der Waals surface area contributed by atoms with E-state index in [1.54, 1.807) is 0 Å². The zero-order valence-corrected chi connectivity index (χ0v) is 10.6. The zero-order valence-electron chi connectivity index (χ0n) is 10.6. The van der Waals surface area contributed by atoms with Crippen molar-refractivity contribution in [2.45, 2.75) is 6.42 Å². The molecular weight excluding hydrogens is 238 g/mol. The lowest BCUT2D eigenvalue weighted by Gasteiger charge is -2.06. The van der Waals surface area contributed by atoms with Crippen molar-refractivity contribution >= 4 is 11.5 Å². The fourth-order valence-corrected chi connectivity index (χ4v) is 2.20. The van der Waals surface area contributed by atoms with Gasteiger partial charge in [-0.25, -0.2) is 0 Å². The third-order valence-corrected chi connectivity index (χ3v) is 3.24. The number of hydrogen-bond donors (Lipinski definition) is 1. The van der Waals surface area contributed by atoms with Crippen molar-refractivity contribution in [3.05, 3.63) is 59.7 Å². The Kier molecular flexibility index (Phi) is 3.19. The maximum absolute atomic E-state index is 12.1. The Hall–Kier alpha value is -2.29. The van der Waals surface area contributed by atoms with E-state index in [0.29, 0.717) is 6.54 Å². The molecule has 1 N–H and O–H groups in total.